The van der Waals surface area contributed by atoms with Gasteiger partial charge in [-0.15, -0.1) is 11.8 Å². The minimum Gasteiger partial charge on any atom is -0.494 e. The molecule has 2 N–H and O–H groups in total. The molecule has 0 radical (unpaired) electrons. The molecular weight excluding hydrogens is 498 g/mol. The third kappa shape index (κ3) is 6.79. The summed E-state index contributed by atoms with van der Waals surface area (Å²) in [5.74, 6) is 0.472. The maximum absolute atomic E-state index is 11.0. The Morgan fingerprint density at radius 2 is 2.00 bits per heavy atom. The number of aryl methyl sites for hydroxylation is 1. The molecule has 190 valence electrons. The van der Waals surface area contributed by atoms with Gasteiger partial charge in [-0.1, -0.05) is 29.8 Å². The molecule has 1 aromatic heterocycles. The lowest BCUT2D eigenvalue weighted by Gasteiger charge is -2.33. The zero-order valence-electron chi connectivity index (χ0n) is 20.3. The number of hydrogen-bond acceptors (Lipinski definition) is 6. The van der Waals surface area contributed by atoms with Gasteiger partial charge in [0.15, 0.2) is 0 Å². The first-order chi connectivity index (χ1) is 17.3. The fourth-order valence-electron chi connectivity index (χ4n) is 4.34. The summed E-state index contributed by atoms with van der Waals surface area (Å²) in [4.78, 5) is 15.2. The standard InChI is InChI=1S/C28H30ClNO5S/c1-3-34-23-7-4-18(17(2)10-23)11-21-12-19(5-8-25(21)29)26-14-22(31)13-24(35-26)16-36-27-9-6-20(15-30-27)28(32)33/h4-10,12,15,22,24,26,31H,3,11,13-14,16H2,1-2H3,(H,32,33). The Bertz CT molecular complexity index is 1200. The smallest absolute Gasteiger partial charge is 0.337 e. The van der Waals surface area contributed by atoms with E-state index in [9.17, 15) is 9.90 Å². The number of halogens is 1. The van der Waals surface area contributed by atoms with Gasteiger partial charge < -0.3 is 19.7 Å². The molecule has 0 spiro atoms. The van der Waals surface area contributed by atoms with E-state index in [4.69, 9.17) is 26.2 Å². The number of aromatic carboxylic acids is 1. The number of benzene rings is 2. The number of carboxylic acids is 1. The van der Waals surface area contributed by atoms with E-state index >= 15 is 0 Å². The number of aliphatic hydroxyl groups excluding tert-OH is 1. The number of ether oxygens (including phenoxy) is 2. The number of nitrogens with zero attached hydrogens (tertiary/aromatic N) is 1. The maximum Gasteiger partial charge on any atom is 0.337 e. The van der Waals surface area contributed by atoms with Crippen molar-refractivity contribution in [3.05, 3.63) is 87.6 Å². The van der Waals surface area contributed by atoms with Gasteiger partial charge in [0.25, 0.3) is 0 Å². The van der Waals surface area contributed by atoms with Gasteiger partial charge in [0, 0.05) is 29.8 Å². The van der Waals surface area contributed by atoms with Crippen LogP contribution in [0.3, 0.4) is 0 Å². The molecule has 0 saturated carbocycles. The molecule has 3 unspecified atom stereocenters. The molecule has 1 fully saturated rings. The summed E-state index contributed by atoms with van der Waals surface area (Å²) in [6.07, 6.45) is 2.25. The van der Waals surface area contributed by atoms with E-state index in [0.29, 0.717) is 36.6 Å². The van der Waals surface area contributed by atoms with Crippen LogP contribution in [-0.2, 0) is 11.2 Å². The maximum atomic E-state index is 11.0. The summed E-state index contributed by atoms with van der Waals surface area (Å²) < 4.78 is 12.0. The molecule has 0 aliphatic carbocycles. The molecule has 2 aromatic carbocycles. The number of carbonyl (C=O) groups is 1. The van der Waals surface area contributed by atoms with E-state index < -0.39 is 12.1 Å². The van der Waals surface area contributed by atoms with E-state index in [0.717, 1.165) is 27.5 Å². The Morgan fingerprint density at radius 3 is 2.69 bits per heavy atom. The largest absolute Gasteiger partial charge is 0.494 e. The fourth-order valence-corrected chi connectivity index (χ4v) is 5.39. The van der Waals surface area contributed by atoms with Crippen LogP contribution in [-0.4, -0.2) is 45.7 Å². The van der Waals surface area contributed by atoms with Crippen LogP contribution in [0.4, 0.5) is 0 Å². The van der Waals surface area contributed by atoms with E-state index in [2.05, 4.69) is 24.0 Å². The molecule has 1 saturated heterocycles. The number of carboxylic acid groups (broad SMARTS) is 1. The van der Waals surface area contributed by atoms with Crippen molar-refractivity contribution in [2.75, 3.05) is 12.4 Å². The van der Waals surface area contributed by atoms with E-state index in [1.165, 1.54) is 23.5 Å². The second-order valence-electron chi connectivity index (χ2n) is 8.92. The van der Waals surface area contributed by atoms with Gasteiger partial charge in [-0.3, -0.25) is 0 Å². The number of aliphatic hydroxyl groups is 1. The quantitative estimate of drug-likeness (QED) is 0.325. The lowest BCUT2D eigenvalue weighted by Crippen LogP contribution is -2.32. The molecule has 6 nitrogen and oxygen atoms in total. The Hall–Kier alpha value is -2.58. The Balaban J connectivity index is 1.44. The highest BCUT2D eigenvalue weighted by atomic mass is 35.5. The molecule has 36 heavy (non-hydrogen) atoms. The molecule has 0 amide bonds. The number of thioether (sulfide) groups is 1. The number of hydrogen-bond donors (Lipinski definition) is 2. The molecule has 3 aromatic rings. The summed E-state index contributed by atoms with van der Waals surface area (Å²) in [6, 6.07) is 15.3. The first-order valence-electron chi connectivity index (χ1n) is 12.0. The number of pyridine rings is 1. The molecule has 1 aliphatic heterocycles. The Kier molecular flexibility index (Phi) is 8.90. The summed E-state index contributed by atoms with van der Waals surface area (Å²) in [7, 11) is 0. The molecule has 8 heteroatoms. The summed E-state index contributed by atoms with van der Waals surface area (Å²) in [5, 5.41) is 21.0. The topological polar surface area (TPSA) is 88.9 Å². The molecule has 3 atom stereocenters. The molecule has 2 heterocycles. The summed E-state index contributed by atoms with van der Waals surface area (Å²) >= 11 is 8.05. The van der Waals surface area contributed by atoms with Crippen molar-refractivity contribution in [1.29, 1.82) is 0 Å². The van der Waals surface area contributed by atoms with Crippen LogP contribution >= 0.6 is 23.4 Å². The molecule has 4 rings (SSSR count). The lowest BCUT2D eigenvalue weighted by molar-refractivity contribution is -0.0875. The van der Waals surface area contributed by atoms with Crippen molar-refractivity contribution in [3.63, 3.8) is 0 Å². The van der Waals surface area contributed by atoms with Gasteiger partial charge in [-0.05, 0) is 72.9 Å². The fraction of sp³-hybridized carbons (Fsp3) is 0.357. The second kappa shape index (κ2) is 12.1. The van der Waals surface area contributed by atoms with Crippen molar-refractivity contribution < 1.29 is 24.5 Å². The molecular formula is C28H30ClNO5S. The van der Waals surface area contributed by atoms with Gasteiger partial charge >= 0.3 is 5.97 Å². The van der Waals surface area contributed by atoms with Crippen LogP contribution in [0.5, 0.6) is 5.75 Å². The van der Waals surface area contributed by atoms with Crippen molar-refractivity contribution in [2.45, 2.75) is 56.4 Å². The lowest BCUT2D eigenvalue weighted by atomic mass is 9.93. The van der Waals surface area contributed by atoms with Crippen LogP contribution in [0.15, 0.2) is 59.8 Å². The van der Waals surface area contributed by atoms with Crippen LogP contribution in [0.2, 0.25) is 5.02 Å². The van der Waals surface area contributed by atoms with Gasteiger partial charge in [0.05, 0.1) is 35.5 Å². The van der Waals surface area contributed by atoms with Crippen molar-refractivity contribution in [3.8, 4) is 5.75 Å². The highest BCUT2D eigenvalue weighted by molar-refractivity contribution is 7.99. The second-order valence-corrected chi connectivity index (χ2v) is 10.4. The normalized spacial score (nSPS) is 19.7. The Morgan fingerprint density at radius 1 is 1.17 bits per heavy atom. The van der Waals surface area contributed by atoms with Crippen molar-refractivity contribution in [2.24, 2.45) is 0 Å². The Labute approximate surface area is 220 Å². The SMILES string of the molecule is CCOc1ccc(Cc2cc(C3CC(O)CC(CSc4ccc(C(=O)O)cn4)O3)ccc2Cl)c(C)c1. The highest BCUT2D eigenvalue weighted by Crippen LogP contribution is 2.35. The predicted octanol–water partition coefficient (Wildman–Crippen LogP) is 6.10. The third-order valence-electron chi connectivity index (χ3n) is 6.23. The number of rotatable bonds is 9. The first-order valence-corrected chi connectivity index (χ1v) is 13.3. The van der Waals surface area contributed by atoms with Crippen LogP contribution in [0.25, 0.3) is 0 Å². The zero-order valence-corrected chi connectivity index (χ0v) is 21.9. The van der Waals surface area contributed by atoms with Gasteiger partial charge in [0.1, 0.15) is 5.75 Å². The minimum absolute atomic E-state index is 0.155. The highest BCUT2D eigenvalue weighted by Gasteiger charge is 2.30. The van der Waals surface area contributed by atoms with Gasteiger partial charge in [-0.25, -0.2) is 9.78 Å². The van der Waals surface area contributed by atoms with E-state index in [-0.39, 0.29) is 17.8 Å². The zero-order chi connectivity index (χ0) is 25.7. The van der Waals surface area contributed by atoms with E-state index in [1.54, 1.807) is 12.1 Å². The van der Waals surface area contributed by atoms with Crippen molar-refractivity contribution in [1.82, 2.24) is 4.98 Å². The summed E-state index contributed by atoms with van der Waals surface area (Å²) in [6.45, 7) is 4.67. The molecule has 1 aliphatic rings. The van der Waals surface area contributed by atoms with Crippen molar-refractivity contribution >= 4 is 29.3 Å². The first kappa shape index (κ1) is 26.5. The van der Waals surface area contributed by atoms with Crippen LogP contribution in [0.1, 0.15) is 58.5 Å². The average Bonchev–Trinajstić information content (AvgIpc) is 2.85. The van der Waals surface area contributed by atoms with Crippen LogP contribution in [0, 0.1) is 6.92 Å². The van der Waals surface area contributed by atoms with Crippen LogP contribution < -0.4 is 4.74 Å². The average molecular weight is 528 g/mol. The number of aromatic nitrogens is 1. The third-order valence-corrected chi connectivity index (χ3v) is 7.67. The monoisotopic (exact) mass is 527 g/mol. The minimum atomic E-state index is -0.999. The van der Waals surface area contributed by atoms with Gasteiger partial charge in [0.2, 0.25) is 0 Å². The van der Waals surface area contributed by atoms with Gasteiger partial charge in [-0.2, -0.15) is 0 Å². The molecule has 0 bridgehead atoms. The summed E-state index contributed by atoms with van der Waals surface area (Å²) in [5.41, 5.74) is 4.49. The van der Waals surface area contributed by atoms with E-state index in [1.807, 2.05) is 31.2 Å². The predicted molar refractivity (Wildman–Crippen MR) is 141 cm³/mol.